The smallest absolute Gasteiger partial charge is 0.793 e. The molecule has 3 N–H and O–H groups in total. The molecule has 2 saturated carbocycles. The van der Waals surface area contributed by atoms with Gasteiger partial charge in [-0.25, -0.2) is 39.3 Å². The van der Waals surface area contributed by atoms with Crippen LogP contribution in [0.25, 0.3) is 43.9 Å². The topological polar surface area (TPSA) is 267 Å². The predicted octanol–water partition coefficient (Wildman–Crippen LogP) is 5.89. The second-order valence-electron chi connectivity index (χ2n) is 21.4. The molecule has 0 spiro atoms. The van der Waals surface area contributed by atoms with E-state index in [0.717, 1.165) is 134 Å². The van der Waals surface area contributed by atoms with E-state index < -0.39 is 17.9 Å². The molecule has 0 aromatic carbocycles. The van der Waals surface area contributed by atoms with Crippen LogP contribution in [0.2, 0.25) is 0 Å². The molecule has 12 rings (SSSR count). The van der Waals surface area contributed by atoms with E-state index in [2.05, 4.69) is 115 Å². The number of hydrogen-bond donors (Lipinski definition) is 3. The first-order valence-corrected chi connectivity index (χ1v) is 28.6. The molecule has 8 aromatic rings. The van der Waals surface area contributed by atoms with Crippen LogP contribution in [0.15, 0.2) is 73.6 Å². The Morgan fingerprint density at radius 3 is 1.59 bits per heavy atom. The molecule has 85 heavy (non-hydrogen) atoms. The van der Waals surface area contributed by atoms with Crippen molar-refractivity contribution in [3.8, 4) is 0 Å². The maximum Gasteiger partial charge on any atom is 1.00 e. The van der Waals surface area contributed by atoms with Gasteiger partial charge in [-0.05, 0) is 98.6 Å². The molecule has 2 fully saturated rings. The molecule has 8 aromatic heterocycles. The zero-order chi connectivity index (χ0) is 59.5. The molecule has 0 unspecified atom stereocenters. The van der Waals surface area contributed by atoms with Crippen molar-refractivity contribution in [2.75, 3.05) is 57.7 Å². The van der Waals surface area contributed by atoms with E-state index in [1.54, 1.807) is 7.11 Å². The van der Waals surface area contributed by atoms with Crippen LogP contribution < -0.4 is 45.5 Å². The zero-order valence-electron chi connectivity index (χ0n) is 50.0. The predicted molar refractivity (Wildman–Crippen MR) is 319 cm³/mol. The summed E-state index contributed by atoms with van der Waals surface area (Å²) in [6.45, 7) is 13.9. The van der Waals surface area contributed by atoms with Crippen molar-refractivity contribution in [1.29, 1.82) is 0 Å². The van der Waals surface area contributed by atoms with Crippen LogP contribution in [0, 0.1) is 11.8 Å². The molecule has 4 aliphatic rings. The number of nitrogens with zero attached hydrogens (tertiary/aromatic N) is 11. The maximum absolute atomic E-state index is 9.85. The normalized spacial score (nSPS) is 17.9. The van der Waals surface area contributed by atoms with Gasteiger partial charge in [-0.3, -0.25) is 19.7 Å². The standard InChI is InChI=1S/C27H33N7O.C24H27N7.C4H6O4.C3H6O2.C2H3BO2.Na/c1-18-3-6-20(7-4-18)34-24-16-28-11-9-21(24)22-15-29-27(32-26(22)34)31-25-8-5-19-17-33(13-14-35-2)12-10-23(19)30-25;1-15-2-5-17(6-3-15)31-21-14-26-10-8-18(21)19-13-27-24(30-23(19)31)29-22-7-4-16-12-25-11-9-20(16)28-22;1-3(5)7-8-4(2)6;1-5-3-2-4;1-2(4)5-3;/h5,8-9,11,15-16,18,20H,3-4,6-7,10,12-14,17H2,1-2H3,(H,29,30,31,32);4,7-8,10,13-15,17,25H,2-3,5-6,9,11-12H2,1H3,(H,27,28,29,30);1-2H3;2H,3H2,1H3;1H3;/q;;;;-1;+1. The summed E-state index contributed by atoms with van der Waals surface area (Å²) < 4.78 is 18.0. The number of pyridine rings is 4. The number of ether oxygens (including phenoxy) is 2. The van der Waals surface area contributed by atoms with Gasteiger partial charge in [0.15, 0.2) is 0 Å². The second kappa shape index (κ2) is 32.5. The quantitative estimate of drug-likeness (QED) is 0.0590. The number of nitrogens with one attached hydrogen (secondary N) is 3. The molecule has 443 valence electrons. The van der Waals surface area contributed by atoms with Crippen LogP contribution in [0.3, 0.4) is 0 Å². The fourth-order valence-electron chi connectivity index (χ4n) is 11.0. The maximum atomic E-state index is 9.85. The minimum atomic E-state index is -0.639. The molecular weight excluding hydrogens is 1090 g/mol. The van der Waals surface area contributed by atoms with Gasteiger partial charge in [-0.15, -0.1) is 0 Å². The van der Waals surface area contributed by atoms with Gasteiger partial charge in [-0.1, -0.05) is 26.0 Å². The fraction of sp³-hybridized carbons (Fsp3) is 0.467. The van der Waals surface area contributed by atoms with Crippen LogP contribution in [-0.2, 0) is 69.0 Å². The molecule has 10 heterocycles. The summed E-state index contributed by atoms with van der Waals surface area (Å²) in [7, 11) is 7.56. The molecule has 0 amide bonds. The summed E-state index contributed by atoms with van der Waals surface area (Å²) in [5.74, 6) is 2.63. The molecule has 25 heteroatoms. The molecule has 0 atom stereocenters. The number of carbonyl (C=O) groups excluding carboxylic acids is 4. The third kappa shape index (κ3) is 17.8. The zero-order valence-corrected chi connectivity index (χ0v) is 52.0. The van der Waals surface area contributed by atoms with Gasteiger partial charge in [0.1, 0.15) is 35.8 Å². The average molecular weight is 1170 g/mol. The van der Waals surface area contributed by atoms with Crippen molar-refractivity contribution in [2.45, 2.75) is 124 Å². The minimum absolute atomic E-state index is 0. The number of aromatic nitrogens is 10. The molecule has 23 nitrogen and oxygen atoms in total. The summed E-state index contributed by atoms with van der Waals surface area (Å²) in [6, 6.07) is 13.4. The first-order chi connectivity index (χ1) is 40.8. The minimum Gasteiger partial charge on any atom is -0.793 e. The molecule has 2 aliphatic heterocycles. The van der Waals surface area contributed by atoms with Crippen molar-refractivity contribution >= 4 is 99.6 Å². The Balaban J connectivity index is 0.000000189. The number of carbonyl (C=O) groups is 4. The Morgan fingerprint density at radius 1 is 0.647 bits per heavy atom. The molecular formula is C60H75BN14NaO9. The van der Waals surface area contributed by atoms with Crippen LogP contribution >= 0.6 is 0 Å². The number of methoxy groups -OCH3 is 2. The first kappa shape index (κ1) is 65.5. The largest absolute Gasteiger partial charge is 1.00 e. The Bertz CT molecular complexity index is 3500. The van der Waals surface area contributed by atoms with E-state index in [9.17, 15) is 19.2 Å². The van der Waals surface area contributed by atoms with E-state index in [-0.39, 0.29) is 36.2 Å². The summed E-state index contributed by atoms with van der Waals surface area (Å²) >= 11 is 0. The van der Waals surface area contributed by atoms with Crippen molar-refractivity contribution in [2.24, 2.45) is 11.8 Å². The van der Waals surface area contributed by atoms with E-state index in [1.807, 2.05) is 49.3 Å². The van der Waals surface area contributed by atoms with Crippen molar-refractivity contribution in [1.82, 2.24) is 59.2 Å². The number of aldehydes is 1. The SMILES string of the molecule is CC(=O)OOC(C)=O.CC1CCC(n2c3cnccc3c3cnc(Nc4ccc5c(n4)CCNC5)nc32)CC1.COCC=O.COCCN1CCc2nc(Nc3ncc4c5ccncc5n(C5CCC(C)CC5)c4n3)ccc2C1.[B-]OC(C)=O.[Na+]. The van der Waals surface area contributed by atoms with Gasteiger partial charge in [0.25, 0.3) is 0 Å². The number of rotatable bonds is 11. The van der Waals surface area contributed by atoms with E-state index >= 15 is 0 Å². The van der Waals surface area contributed by atoms with Crippen molar-refractivity contribution in [3.63, 3.8) is 0 Å². The number of anilines is 4. The third-order valence-electron chi connectivity index (χ3n) is 15.2. The first-order valence-electron chi connectivity index (χ1n) is 28.6. The summed E-state index contributed by atoms with van der Waals surface area (Å²) in [4.78, 5) is 86.3. The Labute approximate surface area is 518 Å². The number of fused-ring (bicyclic) bond motifs is 8. The Morgan fingerprint density at radius 2 is 1.14 bits per heavy atom. The van der Waals surface area contributed by atoms with Crippen molar-refractivity contribution in [3.05, 3.63) is 96.1 Å². The van der Waals surface area contributed by atoms with Gasteiger partial charge in [0, 0.05) is 150 Å². The van der Waals surface area contributed by atoms with E-state index in [0.29, 0.717) is 30.3 Å². The van der Waals surface area contributed by atoms with Crippen LogP contribution in [0.4, 0.5) is 23.5 Å². The fourth-order valence-corrected chi connectivity index (χ4v) is 11.0. The number of hydrogen-bond acceptors (Lipinski definition) is 21. The summed E-state index contributed by atoms with van der Waals surface area (Å²) in [5, 5.41) is 14.6. The molecule has 0 saturated heterocycles. The molecule has 3 radical (unpaired) electrons. The van der Waals surface area contributed by atoms with Crippen LogP contribution in [0.5, 0.6) is 0 Å². The average Bonchev–Trinajstić information content (AvgIpc) is 1.91. The van der Waals surface area contributed by atoms with Gasteiger partial charge >= 0.3 is 41.5 Å². The van der Waals surface area contributed by atoms with Gasteiger partial charge in [0.05, 0.1) is 30.0 Å². The van der Waals surface area contributed by atoms with E-state index in [1.165, 1.54) is 87.3 Å². The van der Waals surface area contributed by atoms with Gasteiger partial charge in [0.2, 0.25) is 17.9 Å². The summed E-state index contributed by atoms with van der Waals surface area (Å²) in [6.07, 6.45) is 23.9. The monoisotopic (exact) mass is 1170 g/mol. The second-order valence-corrected chi connectivity index (χ2v) is 21.4. The molecule has 2 aliphatic carbocycles. The van der Waals surface area contributed by atoms with E-state index in [4.69, 9.17) is 24.7 Å². The van der Waals surface area contributed by atoms with Crippen LogP contribution in [-0.4, -0.2) is 133 Å². The van der Waals surface area contributed by atoms with Gasteiger partial charge in [-0.2, -0.15) is 9.97 Å². The van der Waals surface area contributed by atoms with Gasteiger partial charge < -0.3 is 52.1 Å². The third-order valence-corrected chi connectivity index (χ3v) is 15.2. The molecule has 0 bridgehead atoms. The Hall–Kier alpha value is -7.06. The van der Waals surface area contributed by atoms with Crippen LogP contribution in [0.1, 0.15) is 121 Å². The van der Waals surface area contributed by atoms with Crippen molar-refractivity contribution < 1.29 is 72.6 Å². The summed E-state index contributed by atoms with van der Waals surface area (Å²) in [5.41, 5.74) is 9.14. The Kier molecular flexibility index (Phi) is 25.0.